The number of rotatable bonds is 2. The van der Waals surface area contributed by atoms with E-state index in [4.69, 9.17) is 0 Å². The molecule has 1 aromatic heterocycles. The molecule has 2 nitrogen and oxygen atoms in total. The van der Waals surface area contributed by atoms with Gasteiger partial charge in [-0.2, -0.15) is 0 Å². The van der Waals surface area contributed by atoms with Gasteiger partial charge in [-0.3, -0.25) is 0 Å². The van der Waals surface area contributed by atoms with Crippen LogP contribution in [0.4, 0.5) is 11.5 Å². The van der Waals surface area contributed by atoms with E-state index in [9.17, 15) is 0 Å². The monoisotopic (exact) mass is 262 g/mol. The Balaban J connectivity index is 2.22. The van der Waals surface area contributed by atoms with Gasteiger partial charge in [-0.05, 0) is 30.7 Å². The first kappa shape index (κ1) is 10.2. The molecular formula is C12H11BrN2. The van der Waals surface area contributed by atoms with Crippen molar-refractivity contribution in [2.45, 2.75) is 6.92 Å². The van der Waals surface area contributed by atoms with Crippen molar-refractivity contribution in [1.29, 1.82) is 0 Å². The molecule has 1 aromatic carbocycles. The number of anilines is 2. The molecule has 0 saturated carbocycles. The summed E-state index contributed by atoms with van der Waals surface area (Å²) >= 11 is 3.48. The van der Waals surface area contributed by atoms with E-state index in [1.54, 1.807) is 0 Å². The first-order valence-electron chi connectivity index (χ1n) is 4.70. The number of halogens is 1. The highest BCUT2D eigenvalue weighted by Gasteiger charge is 1.98. The van der Waals surface area contributed by atoms with E-state index < -0.39 is 0 Å². The first-order valence-corrected chi connectivity index (χ1v) is 5.49. The zero-order chi connectivity index (χ0) is 10.7. The number of aryl methyl sites for hydroxylation is 1. The predicted molar refractivity (Wildman–Crippen MR) is 66.4 cm³/mol. The molecule has 0 aliphatic heterocycles. The summed E-state index contributed by atoms with van der Waals surface area (Å²) in [5, 5.41) is 3.23. The van der Waals surface area contributed by atoms with Gasteiger partial charge in [0.05, 0.1) is 0 Å². The van der Waals surface area contributed by atoms with Gasteiger partial charge >= 0.3 is 0 Å². The maximum absolute atomic E-state index is 4.29. The molecule has 2 rings (SSSR count). The molecule has 0 atom stereocenters. The molecule has 0 aliphatic carbocycles. The Morgan fingerprint density at radius 3 is 2.60 bits per heavy atom. The Labute approximate surface area is 97.5 Å². The summed E-state index contributed by atoms with van der Waals surface area (Å²) in [5.74, 6) is 0.846. The van der Waals surface area contributed by atoms with Gasteiger partial charge in [-0.25, -0.2) is 4.98 Å². The van der Waals surface area contributed by atoms with Crippen LogP contribution in [0.1, 0.15) is 5.56 Å². The van der Waals surface area contributed by atoms with E-state index >= 15 is 0 Å². The van der Waals surface area contributed by atoms with Gasteiger partial charge in [0.25, 0.3) is 0 Å². The second-order valence-corrected chi connectivity index (χ2v) is 4.16. The van der Waals surface area contributed by atoms with Crippen LogP contribution in [0.15, 0.2) is 47.1 Å². The smallest absolute Gasteiger partial charge is 0.131 e. The van der Waals surface area contributed by atoms with Gasteiger partial charge in [-0.15, -0.1) is 0 Å². The number of hydrogen-bond donors (Lipinski definition) is 1. The summed E-state index contributed by atoms with van der Waals surface area (Å²) in [7, 11) is 0. The van der Waals surface area contributed by atoms with E-state index in [2.05, 4.69) is 26.2 Å². The van der Waals surface area contributed by atoms with Crippen LogP contribution in [-0.2, 0) is 0 Å². The number of hydrogen-bond acceptors (Lipinski definition) is 2. The minimum Gasteiger partial charge on any atom is -0.340 e. The Morgan fingerprint density at radius 2 is 1.93 bits per heavy atom. The van der Waals surface area contributed by atoms with Crippen molar-refractivity contribution in [3.8, 4) is 0 Å². The van der Waals surface area contributed by atoms with Crippen molar-refractivity contribution in [2.75, 3.05) is 5.32 Å². The molecule has 0 fully saturated rings. The van der Waals surface area contributed by atoms with Crippen LogP contribution >= 0.6 is 15.9 Å². The van der Waals surface area contributed by atoms with Crippen LogP contribution in [-0.4, -0.2) is 4.98 Å². The van der Waals surface area contributed by atoms with Crippen LogP contribution in [0.5, 0.6) is 0 Å². The van der Waals surface area contributed by atoms with Crippen LogP contribution in [0.3, 0.4) is 0 Å². The number of para-hydroxylation sites is 1. The third-order valence-corrected chi connectivity index (χ3v) is 2.94. The fourth-order valence-electron chi connectivity index (χ4n) is 1.24. The predicted octanol–water partition coefficient (Wildman–Crippen LogP) is 3.90. The average Bonchev–Trinajstić information content (AvgIpc) is 2.25. The lowest BCUT2D eigenvalue weighted by atomic mass is 10.3. The highest BCUT2D eigenvalue weighted by atomic mass is 79.9. The fraction of sp³-hybridized carbons (Fsp3) is 0.0833. The molecule has 0 bridgehead atoms. The zero-order valence-electron chi connectivity index (χ0n) is 8.37. The van der Waals surface area contributed by atoms with Crippen LogP contribution in [0.25, 0.3) is 0 Å². The van der Waals surface area contributed by atoms with E-state index in [1.807, 2.05) is 49.5 Å². The normalized spacial score (nSPS) is 10.0. The summed E-state index contributed by atoms with van der Waals surface area (Å²) in [6.07, 6.45) is 1.84. The molecule has 76 valence electrons. The summed E-state index contributed by atoms with van der Waals surface area (Å²) in [4.78, 5) is 4.29. The minimum absolute atomic E-state index is 0.846. The summed E-state index contributed by atoms with van der Waals surface area (Å²) < 4.78 is 1.07. The third-order valence-electron chi connectivity index (χ3n) is 2.08. The third kappa shape index (κ3) is 2.57. The Kier molecular flexibility index (Phi) is 3.02. The quantitative estimate of drug-likeness (QED) is 0.888. The second-order valence-electron chi connectivity index (χ2n) is 3.31. The minimum atomic E-state index is 0.846. The molecular weight excluding hydrogens is 252 g/mol. The lowest BCUT2D eigenvalue weighted by Crippen LogP contribution is -1.93. The molecule has 2 aromatic rings. The number of nitrogens with zero attached hydrogens (tertiary/aromatic N) is 1. The average molecular weight is 263 g/mol. The van der Waals surface area contributed by atoms with Crippen LogP contribution in [0, 0.1) is 6.92 Å². The van der Waals surface area contributed by atoms with Gasteiger partial charge in [0, 0.05) is 16.4 Å². The number of aromatic nitrogens is 1. The Hall–Kier alpha value is -1.35. The van der Waals surface area contributed by atoms with Crippen molar-refractivity contribution in [3.63, 3.8) is 0 Å². The molecule has 1 heterocycles. The molecule has 3 heteroatoms. The number of nitrogens with one attached hydrogen (secondary N) is 1. The van der Waals surface area contributed by atoms with E-state index in [1.165, 1.54) is 0 Å². The van der Waals surface area contributed by atoms with E-state index in [0.29, 0.717) is 0 Å². The lowest BCUT2D eigenvalue weighted by Gasteiger charge is -2.06. The second kappa shape index (κ2) is 4.45. The summed E-state index contributed by atoms with van der Waals surface area (Å²) in [6, 6.07) is 12.0. The van der Waals surface area contributed by atoms with Crippen LogP contribution in [0.2, 0.25) is 0 Å². The SMILES string of the molecule is Cc1cnc(Nc2ccccc2)cc1Br. The molecule has 15 heavy (non-hydrogen) atoms. The van der Waals surface area contributed by atoms with Gasteiger partial charge < -0.3 is 5.32 Å². The molecule has 0 spiro atoms. The molecule has 0 amide bonds. The number of pyridine rings is 1. The fourth-order valence-corrected chi connectivity index (χ4v) is 1.56. The van der Waals surface area contributed by atoms with Crippen molar-refractivity contribution in [3.05, 3.63) is 52.6 Å². The van der Waals surface area contributed by atoms with Gasteiger partial charge in [-0.1, -0.05) is 34.1 Å². The standard InChI is InChI=1S/C12H11BrN2/c1-9-8-14-12(7-11(9)13)15-10-5-3-2-4-6-10/h2-8H,1H3,(H,14,15). The summed E-state index contributed by atoms with van der Waals surface area (Å²) in [6.45, 7) is 2.02. The molecule has 0 aliphatic rings. The molecule has 0 radical (unpaired) electrons. The largest absolute Gasteiger partial charge is 0.340 e. The lowest BCUT2D eigenvalue weighted by molar-refractivity contribution is 1.24. The van der Waals surface area contributed by atoms with Crippen molar-refractivity contribution in [2.24, 2.45) is 0 Å². The molecule has 0 saturated heterocycles. The van der Waals surface area contributed by atoms with Gasteiger partial charge in [0.1, 0.15) is 5.82 Å². The summed E-state index contributed by atoms with van der Waals surface area (Å²) in [5.41, 5.74) is 2.18. The van der Waals surface area contributed by atoms with Crippen molar-refractivity contribution >= 4 is 27.4 Å². The van der Waals surface area contributed by atoms with Gasteiger partial charge in [0.15, 0.2) is 0 Å². The Bertz CT molecular complexity index is 454. The topological polar surface area (TPSA) is 24.9 Å². The number of benzene rings is 1. The maximum atomic E-state index is 4.29. The first-order chi connectivity index (χ1) is 7.25. The molecule has 1 N–H and O–H groups in total. The maximum Gasteiger partial charge on any atom is 0.131 e. The van der Waals surface area contributed by atoms with Crippen molar-refractivity contribution < 1.29 is 0 Å². The highest BCUT2D eigenvalue weighted by Crippen LogP contribution is 2.20. The van der Waals surface area contributed by atoms with E-state index in [0.717, 1.165) is 21.5 Å². The highest BCUT2D eigenvalue weighted by molar-refractivity contribution is 9.10. The van der Waals surface area contributed by atoms with Crippen LogP contribution < -0.4 is 5.32 Å². The zero-order valence-corrected chi connectivity index (χ0v) is 9.95. The Morgan fingerprint density at radius 1 is 1.20 bits per heavy atom. The molecule has 0 unspecified atom stereocenters. The van der Waals surface area contributed by atoms with Gasteiger partial charge in [0.2, 0.25) is 0 Å². The van der Waals surface area contributed by atoms with Crippen molar-refractivity contribution in [1.82, 2.24) is 4.98 Å². The van der Waals surface area contributed by atoms with E-state index in [-0.39, 0.29) is 0 Å².